The second-order valence-electron chi connectivity index (χ2n) is 5.78. The smallest absolute Gasteiger partial charge is 0.161 e. The lowest BCUT2D eigenvalue weighted by molar-refractivity contribution is 0.171. The summed E-state index contributed by atoms with van der Waals surface area (Å²) in [6.07, 6.45) is 4.00. The Balaban J connectivity index is 1.74. The summed E-state index contributed by atoms with van der Waals surface area (Å²) in [5.74, 6) is 1.73. The van der Waals surface area contributed by atoms with Crippen LogP contribution in [0.1, 0.15) is 35.3 Å². The van der Waals surface area contributed by atoms with E-state index in [1.807, 2.05) is 6.20 Å². The molecule has 0 radical (unpaired) electrons. The summed E-state index contributed by atoms with van der Waals surface area (Å²) in [4.78, 5) is 4.65. The molecule has 1 unspecified atom stereocenters. The molecule has 114 valence electrons. The number of nitrogens with one attached hydrogen (secondary N) is 1. The van der Waals surface area contributed by atoms with Gasteiger partial charge in [-0.25, -0.2) is 0 Å². The first-order valence-corrected chi connectivity index (χ1v) is 7.96. The van der Waals surface area contributed by atoms with Crippen LogP contribution in [0.4, 0.5) is 0 Å². The van der Waals surface area contributed by atoms with Gasteiger partial charge in [0, 0.05) is 12.7 Å². The maximum absolute atomic E-state index is 5.74. The number of hydrogen-bond donors (Lipinski definition) is 1. The number of ether oxygens (including phenoxy) is 2. The van der Waals surface area contributed by atoms with Crippen molar-refractivity contribution < 1.29 is 9.47 Å². The van der Waals surface area contributed by atoms with Gasteiger partial charge in [0.2, 0.25) is 0 Å². The van der Waals surface area contributed by atoms with Crippen molar-refractivity contribution in [2.45, 2.75) is 25.8 Å². The predicted molar refractivity (Wildman–Crippen MR) is 84.6 cm³/mol. The molecule has 0 saturated carbocycles. The molecule has 22 heavy (non-hydrogen) atoms. The molecule has 0 fully saturated rings. The summed E-state index contributed by atoms with van der Waals surface area (Å²) < 4.78 is 11.4. The zero-order valence-corrected chi connectivity index (χ0v) is 12.8. The third-order valence-electron chi connectivity index (χ3n) is 4.41. The minimum atomic E-state index is 0.130. The van der Waals surface area contributed by atoms with E-state index in [4.69, 9.17) is 9.47 Å². The first-order valence-electron chi connectivity index (χ1n) is 7.96. The lowest BCUT2D eigenvalue weighted by atomic mass is 9.91. The molecular weight excluding hydrogens is 276 g/mol. The topological polar surface area (TPSA) is 43.4 Å². The van der Waals surface area contributed by atoms with Crippen molar-refractivity contribution in [2.75, 3.05) is 19.8 Å². The van der Waals surface area contributed by atoms with Crippen molar-refractivity contribution in [3.63, 3.8) is 0 Å². The van der Waals surface area contributed by atoms with E-state index >= 15 is 0 Å². The lowest BCUT2D eigenvalue weighted by Crippen LogP contribution is -2.31. The maximum atomic E-state index is 5.74. The van der Waals surface area contributed by atoms with Gasteiger partial charge in [0.1, 0.15) is 13.2 Å². The van der Waals surface area contributed by atoms with Gasteiger partial charge in [-0.3, -0.25) is 4.98 Å². The molecule has 0 bridgehead atoms. The fourth-order valence-corrected chi connectivity index (χ4v) is 3.17. The summed E-state index contributed by atoms with van der Waals surface area (Å²) in [6.45, 7) is 4.35. The predicted octanol–water partition coefficient (Wildman–Crippen LogP) is 2.65. The van der Waals surface area contributed by atoms with Crippen molar-refractivity contribution in [3.8, 4) is 11.5 Å². The third-order valence-corrected chi connectivity index (χ3v) is 4.41. The van der Waals surface area contributed by atoms with Gasteiger partial charge in [-0.2, -0.15) is 0 Å². The van der Waals surface area contributed by atoms with Gasteiger partial charge in [-0.15, -0.1) is 0 Å². The third kappa shape index (κ3) is 2.33. The zero-order chi connectivity index (χ0) is 14.9. The summed E-state index contributed by atoms with van der Waals surface area (Å²) >= 11 is 0. The van der Waals surface area contributed by atoms with E-state index in [0.717, 1.165) is 36.6 Å². The molecule has 0 aliphatic carbocycles. The Morgan fingerprint density at radius 2 is 2.00 bits per heavy atom. The number of aromatic nitrogens is 1. The molecule has 1 N–H and O–H groups in total. The first kappa shape index (κ1) is 13.6. The molecule has 1 aromatic heterocycles. The molecular formula is C18H20N2O2. The van der Waals surface area contributed by atoms with Gasteiger partial charge in [0.05, 0.1) is 11.7 Å². The normalized spacial score (nSPS) is 19.6. The van der Waals surface area contributed by atoms with Crippen LogP contribution in [0.2, 0.25) is 0 Å². The molecule has 0 spiro atoms. The van der Waals surface area contributed by atoms with E-state index in [-0.39, 0.29) is 6.04 Å². The zero-order valence-electron chi connectivity index (χ0n) is 12.8. The Morgan fingerprint density at radius 3 is 2.73 bits per heavy atom. The summed E-state index contributed by atoms with van der Waals surface area (Å²) in [5.41, 5.74) is 4.92. The Labute approximate surface area is 130 Å². The second-order valence-corrected chi connectivity index (χ2v) is 5.78. The second kappa shape index (κ2) is 5.61. The number of benzene rings is 1. The molecule has 1 aromatic carbocycles. The summed E-state index contributed by atoms with van der Waals surface area (Å²) in [5, 5.41) is 3.58. The highest BCUT2D eigenvalue weighted by molar-refractivity contribution is 5.51. The van der Waals surface area contributed by atoms with Crippen LogP contribution < -0.4 is 14.8 Å². The number of nitrogens with zero attached hydrogens (tertiary/aromatic N) is 1. The average Bonchev–Trinajstić information content (AvgIpc) is 2.59. The molecule has 4 nitrogen and oxygen atoms in total. The van der Waals surface area contributed by atoms with Crippen molar-refractivity contribution >= 4 is 0 Å². The molecule has 2 aliphatic rings. The average molecular weight is 296 g/mol. The van der Waals surface area contributed by atoms with E-state index in [9.17, 15) is 0 Å². The fourth-order valence-electron chi connectivity index (χ4n) is 3.17. The lowest BCUT2D eigenvalue weighted by Gasteiger charge is -2.29. The molecule has 2 aliphatic heterocycles. The molecule has 1 atom stereocenters. The van der Waals surface area contributed by atoms with Crippen LogP contribution >= 0.6 is 0 Å². The van der Waals surface area contributed by atoms with Crippen LogP contribution in [0.5, 0.6) is 11.5 Å². The van der Waals surface area contributed by atoms with Crippen molar-refractivity contribution in [1.82, 2.24) is 10.3 Å². The minimum absolute atomic E-state index is 0.130. The molecule has 4 rings (SSSR count). The maximum Gasteiger partial charge on any atom is 0.161 e. The fraction of sp³-hybridized carbons (Fsp3) is 0.389. The summed E-state index contributed by atoms with van der Waals surface area (Å²) in [7, 11) is 0. The van der Waals surface area contributed by atoms with Crippen LogP contribution in [-0.2, 0) is 12.8 Å². The van der Waals surface area contributed by atoms with Crippen molar-refractivity contribution in [2.24, 2.45) is 0 Å². The number of fused-ring (bicyclic) bond motifs is 2. The van der Waals surface area contributed by atoms with Gasteiger partial charge in [0.25, 0.3) is 0 Å². The highest BCUT2D eigenvalue weighted by Gasteiger charge is 2.25. The van der Waals surface area contributed by atoms with E-state index in [0.29, 0.717) is 13.2 Å². The molecule has 4 heteroatoms. The van der Waals surface area contributed by atoms with Crippen LogP contribution in [0, 0.1) is 0 Å². The Morgan fingerprint density at radius 1 is 1.18 bits per heavy atom. The quantitative estimate of drug-likeness (QED) is 0.925. The number of rotatable bonds is 2. The minimum Gasteiger partial charge on any atom is -0.486 e. The standard InChI is InChI=1S/C18H20N2O2/c1-2-12-3-4-15(20-11-12)18-14-10-17-16(21-7-8-22-17)9-13(14)5-6-19-18/h3-4,9-11,18-19H,2,5-8H2,1H3. The van der Waals surface area contributed by atoms with Crippen molar-refractivity contribution in [1.29, 1.82) is 0 Å². The number of hydrogen-bond acceptors (Lipinski definition) is 4. The van der Waals surface area contributed by atoms with Gasteiger partial charge < -0.3 is 14.8 Å². The van der Waals surface area contributed by atoms with E-state index < -0.39 is 0 Å². The van der Waals surface area contributed by atoms with Crippen LogP contribution in [-0.4, -0.2) is 24.7 Å². The first-order chi connectivity index (χ1) is 10.8. The molecule has 0 amide bonds. The van der Waals surface area contributed by atoms with Crippen molar-refractivity contribution in [3.05, 3.63) is 52.8 Å². The van der Waals surface area contributed by atoms with Crippen LogP contribution in [0.15, 0.2) is 30.5 Å². The SMILES string of the molecule is CCc1ccc(C2NCCc3cc4c(cc32)OCCO4)nc1. The highest BCUT2D eigenvalue weighted by Crippen LogP contribution is 2.38. The number of pyridine rings is 1. The highest BCUT2D eigenvalue weighted by atomic mass is 16.6. The van der Waals surface area contributed by atoms with Gasteiger partial charge in [0.15, 0.2) is 11.5 Å². The Hall–Kier alpha value is -2.07. The molecule has 0 saturated heterocycles. The molecule has 3 heterocycles. The largest absolute Gasteiger partial charge is 0.486 e. The van der Waals surface area contributed by atoms with E-state index in [2.05, 4.69) is 41.5 Å². The van der Waals surface area contributed by atoms with E-state index in [1.165, 1.54) is 16.7 Å². The van der Waals surface area contributed by atoms with Gasteiger partial charge in [-0.1, -0.05) is 13.0 Å². The van der Waals surface area contributed by atoms with Crippen LogP contribution in [0.3, 0.4) is 0 Å². The Bertz CT molecular complexity index is 682. The molecule has 2 aromatic rings. The summed E-state index contributed by atoms with van der Waals surface area (Å²) in [6, 6.07) is 8.68. The van der Waals surface area contributed by atoms with E-state index in [1.54, 1.807) is 0 Å². The van der Waals surface area contributed by atoms with Gasteiger partial charge >= 0.3 is 0 Å². The monoisotopic (exact) mass is 296 g/mol. The van der Waals surface area contributed by atoms with Gasteiger partial charge in [-0.05, 0) is 47.7 Å². The number of aryl methyl sites for hydroxylation is 1. The van der Waals surface area contributed by atoms with Crippen LogP contribution in [0.25, 0.3) is 0 Å². The Kier molecular flexibility index (Phi) is 3.47.